The van der Waals surface area contributed by atoms with Crippen LogP contribution >= 0.6 is 0 Å². The van der Waals surface area contributed by atoms with Gasteiger partial charge in [-0.15, -0.1) is 0 Å². The molecule has 0 aliphatic heterocycles. The van der Waals surface area contributed by atoms with Gasteiger partial charge in [0.1, 0.15) is 35.2 Å². The molecule has 0 aromatic heterocycles. The lowest BCUT2D eigenvalue weighted by Crippen LogP contribution is -2.08. The van der Waals surface area contributed by atoms with E-state index in [-0.39, 0.29) is 5.56 Å². The lowest BCUT2D eigenvalue weighted by Gasteiger charge is -2.12. The van der Waals surface area contributed by atoms with Crippen molar-refractivity contribution < 1.29 is 28.8 Å². The summed E-state index contributed by atoms with van der Waals surface area (Å²) in [6.07, 6.45) is 16.1. The van der Waals surface area contributed by atoms with Crippen molar-refractivity contribution in [2.24, 2.45) is 0 Å². The second-order valence-electron chi connectivity index (χ2n) is 11.0. The number of unbranched alkanes of at least 4 members (excludes halogenated alkanes) is 11. The Morgan fingerprint density at radius 2 is 1.07 bits per heavy atom. The van der Waals surface area contributed by atoms with Crippen LogP contribution in [0.4, 0.5) is 0 Å². The summed E-state index contributed by atoms with van der Waals surface area (Å²) in [6, 6.07) is 22.6. The monoisotopic (exact) mass is 590 g/mol. The molecule has 0 saturated carbocycles. The summed E-state index contributed by atoms with van der Waals surface area (Å²) in [5.41, 5.74) is 1.23. The molecule has 0 atom stereocenters. The number of aromatic carboxylic acids is 1. The molecule has 234 valence electrons. The van der Waals surface area contributed by atoms with Gasteiger partial charge in [0.15, 0.2) is 0 Å². The zero-order chi connectivity index (χ0) is 30.4. The molecule has 0 spiro atoms. The number of hydrogen-bond acceptors (Lipinski definition) is 5. The maximum Gasteiger partial charge on any atom is 0.339 e. The first-order valence-corrected chi connectivity index (χ1v) is 16.2. The number of ether oxygens (including phenoxy) is 4. The molecule has 3 aromatic carbocycles. The number of carboxylic acid groups (broad SMARTS) is 1. The van der Waals surface area contributed by atoms with Crippen molar-refractivity contribution in [3.05, 3.63) is 83.9 Å². The Hall–Kier alpha value is -3.67. The first-order chi connectivity index (χ1) is 21.2. The van der Waals surface area contributed by atoms with Gasteiger partial charge in [0.25, 0.3) is 0 Å². The van der Waals surface area contributed by atoms with Crippen LogP contribution in [0.25, 0.3) is 0 Å². The second-order valence-corrected chi connectivity index (χ2v) is 11.0. The van der Waals surface area contributed by atoms with Crippen LogP contribution in [-0.2, 0) is 6.61 Å². The van der Waals surface area contributed by atoms with Crippen LogP contribution in [0.2, 0.25) is 0 Å². The quantitative estimate of drug-likeness (QED) is 0.105. The van der Waals surface area contributed by atoms with Crippen molar-refractivity contribution >= 4 is 5.97 Å². The molecule has 0 aliphatic rings. The zero-order valence-corrected chi connectivity index (χ0v) is 25.9. The standard InChI is InChI=1S/C37H50O6/c1-2-3-4-5-6-7-8-9-10-11-12-16-26-41-34-24-25-36(35(29-34)37(38)39)42-28-17-27-40-32-20-22-33(23-21-32)43-30-31-18-14-13-15-19-31/h13-15,18-25,29H,2-12,16-17,26-28,30H2,1H3,(H,38,39). The van der Waals surface area contributed by atoms with Gasteiger partial charge >= 0.3 is 5.97 Å². The van der Waals surface area contributed by atoms with E-state index < -0.39 is 5.97 Å². The van der Waals surface area contributed by atoms with Crippen molar-refractivity contribution in [3.63, 3.8) is 0 Å². The number of rotatable bonds is 24. The number of carboxylic acids is 1. The van der Waals surface area contributed by atoms with Gasteiger partial charge in [0, 0.05) is 6.42 Å². The van der Waals surface area contributed by atoms with E-state index in [0.717, 1.165) is 29.9 Å². The van der Waals surface area contributed by atoms with E-state index >= 15 is 0 Å². The summed E-state index contributed by atoms with van der Waals surface area (Å²) < 4.78 is 23.2. The molecule has 3 rings (SSSR count). The van der Waals surface area contributed by atoms with Crippen LogP contribution in [0, 0.1) is 0 Å². The summed E-state index contributed by atoms with van der Waals surface area (Å²) in [5, 5.41) is 9.68. The minimum atomic E-state index is -1.03. The maximum atomic E-state index is 11.8. The highest BCUT2D eigenvalue weighted by molar-refractivity contribution is 5.91. The van der Waals surface area contributed by atoms with E-state index in [2.05, 4.69) is 6.92 Å². The van der Waals surface area contributed by atoms with Crippen LogP contribution in [0.15, 0.2) is 72.8 Å². The fourth-order valence-electron chi connectivity index (χ4n) is 4.83. The third-order valence-electron chi connectivity index (χ3n) is 7.34. The third kappa shape index (κ3) is 14.4. The summed E-state index contributed by atoms with van der Waals surface area (Å²) in [6.45, 7) is 4.16. The van der Waals surface area contributed by atoms with Gasteiger partial charge in [-0.05, 0) is 54.4 Å². The van der Waals surface area contributed by atoms with Gasteiger partial charge in [-0.2, -0.15) is 0 Å². The molecule has 43 heavy (non-hydrogen) atoms. The van der Waals surface area contributed by atoms with Gasteiger partial charge < -0.3 is 24.1 Å². The molecule has 0 aliphatic carbocycles. The topological polar surface area (TPSA) is 74.2 Å². The lowest BCUT2D eigenvalue weighted by molar-refractivity contribution is 0.0691. The average molecular weight is 591 g/mol. The normalized spacial score (nSPS) is 10.8. The number of benzene rings is 3. The molecule has 0 amide bonds. The molecule has 0 fully saturated rings. The molecule has 6 nitrogen and oxygen atoms in total. The van der Waals surface area contributed by atoms with Crippen LogP contribution in [0.3, 0.4) is 0 Å². The Balaban J connectivity index is 1.25. The number of carbonyl (C=O) groups is 1. The van der Waals surface area contributed by atoms with Crippen LogP contribution in [-0.4, -0.2) is 30.9 Å². The van der Waals surface area contributed by atoms with Crippen LogP contribution in [0.1, 0.15) is 106 Å². The maximum absolute atomic E-state index is 11.8. The van der Waals surface area contributed by atoms with Crippen LogP contribution < -0.4 is 18.9 Å². The molecule has 0 heterocycles. The fourth-order valence-corrected chi connectivity index (χ4v) is 4.83. The number of hydrogen-bond donors (Lipinski definition) is 1. The highest BCUT2D eigenvalue weighted by atomic mass is 16.5. The smallest absolute Gasteiger partial charge is 0.339 e. The van der Waals surface area contributed by atoms with Crippen molar-refractivity contribution in [2.75, 3.05) is 19.8 Å². The highest BCUT2D eigenvalue weighted by Gasteiger charge is 2.13. The van der Waals surface area contributed by atoms with Crippen molar-refractivity contribution in [3.8, 4) is 23.0 Å². The molecule has 0 saturated heterocycles. The first kappa shape index (κ1) is 33.8. The molecule has 0 radical (unpaired) electrons. The summed E-state index contributed by atoms with van der Waals surface area (Å²) in [4.78, 5) is 11.8. The van der Waals surface area contributed by atoms with Gasteiger partial charge in [-0.1, -0.05) is 108 Å². The predicted octanol–water partition coefficient (Wildman–Crippen LogP) is 9.89. The minimum Gasteiger partial charge on any atom is -0.494 e. The van der Waals surface area contributed by atoms with Gasteiger partial charge in [0.05, 0.1) is 19.8 Å². The van der Waals surface area contributed by atoms with Crippen molar-refractivity contribution in [1.29, 1.82) is 0 Å². The highest BCUT2D eigenvalue weighted by Crippen LogP contribution is 2.25. The Morgan fingerprint density at radius 1 is 0.558 bits per heavy atom. The minimum absolute atomic E-state index is 0.110. The molecular weight excluding hydrogens is 540 g/mol. The van der Waals surface area contributed by atoms with E-state index in [1.54, 1.807) is 18.2 Å². The van der Waals surface area contributed by atoms with Gasteiger partial charge in [-0.25, -0.2) is 4.79 Å². The fraction of sp³-hybridized carbons (Fsp3) is 0.486. The Morgan fingerprint density at radius 3 is 1.70 bits per heavy atom. The molecule has 0 unspecified atom stereocenters. The largest absolute Gasteiger partial charge is 0.494 e. The Bertz CT molecular complexity index is 1150. The third-order valence-corrected chi connectivity index (χ3v) is 7.34. The van der Waals surface area contributed by atoms with E-state index in [4.69, 9.17) is 18.9 Å². The SMILES string of the molecule is CCCCCCCCCCCCCCOc1ccc(OCCCOc2ccc(OCc3ccccc3)cc2)c(C(=O)O)c1. The molecule has 6 heteroatoms. The average Bonchev–Trinajstić information content (AvgIpc) is 3.03. The second kappa shape index (κ2) is 21.1. The van der Waals surface area contributed by atoms with E-state index in [1.807, 2.05) is 54.6 Å². The van der Waals surface area contributed by atoms with Crippen LogP contribution in [0.5, 0.6) is 23.0 Å². The van der Waals surface area contributed by atoms with Crippen molar-refractivity contribution in [2.45, 2.75) is 97.0 Å². The molecular formula is C37H50O6. The summed E-state index contributed by atoms with van der Waals surface area (Å²) in [5.74, 6) is 1.39. The molecule has 1 N–H and O–H groups in total. The zero-order valence-electron chi connectivity index (χ0n) is 25.9. The Labute approximate surface area is 258 Å². The first-order valence-electron chi connectivity index (χ1n) is 16.2. The molecule has 3 aromatic rings. The summed E-state index contributed by atoms with van der Waals surface area (Å²) in [7, 11) is 0. The van der Waals surface area contributed by atoms with E-state index in [0.29, 0.717) is 44.3 Å². The van der Waals surface area contributed by atoms with Gasteiger partial charge in [-0.3, -0.25) is 0 Å². The molecule has 0 bridgehead atoms. The lowest BCUT2D eigenvalue weighted by atomic mass is 10.1. The van der Waals surface area contributed by atoms with E-state index in [9.17, 15) is 9.90 Å². The van der Waals surface area contributed by atoms with Crippen molar-refractivity contribution in [1.82, 2.24) is 0 Å². The Kier molecular flexibility index (Phi) is 16.6. The van der Waals surface area contributed by atoms with Gasteiger partial charge in [0.2, 0.25) is 0 Å². The predicted molar refractivity (Wildman–Crippen MR) is 173 cm³/mol. The van der Waals surface area contributed by atoms with E-state index in [1.165, 1.54) is 64.2 Å². The summed E-state index contributed by atoms with van der Waals surface area (Å²) >= 11 is 0.